The first kappa shape index (κ1) is 12.9. The Kier molecular flexibility index (Phi) is 4.39. The molecule has 0 radical (unpaired) electrons. The standard InChI is InChI=1S/C12H13NO4/c1-4-5-8-6-9(11(14)16-2)10(13-7-8)12(15)17-3/h4,6-7H,1,5H2,2-3H3. The average molecular weight is 235 g/mol. The Bertz CT molecular complexity index is 454. The quantitative estimate of drug-likeness (QED) is 0.582. The minimum atomic E-state index is -0.671. The molecule has 1 aromatic heterocycles. The number of methoxy groups -OCH3 is 2. The van der Waals surface area contributed by atoms with E-state index in [-0.39, 0.29) is 11.3 Å². The smallest absolute Gasteiger partial charge is 0.357 e. The second-order valence-electron chi connectivity index (χ2n) is 3.22. The molecule has 5 nitrogen and oxygen atoms in total. The largest absolute Gasteiger partial charge is 0.465 e. The SMILES string of the molecule is C=CCc1cnc(C(=O)OC)c(C(=O)OC)c1. The van der Waals surface area contributed by atoms with Crippen molar-refractivity contribution in [1.82, 2.24) is 4.98 Å². The van der Waals surface area contributed by atoms with Gasteiger partial charge in [0.25, 0.3) is 0 Å². The van der Waals surface area contributed by atoms with E-state index in [4.69, 9.17) is 0 Å². The van der Waals surface area contributed by atoms with E-state index >= 15 is 0 Å². The van der Waals surface area contributed by atoms with Crippen LogP contribution >= 0.6 is 0 Å². The molecule has 0 saturated heterocycles. The molecular formula is C12H13NO4. The molecule has 0 N–H and O–H groups in total. The Labute approximate surface area is 99.1 Å². The van der Waals surface area contributed by atoms with Gasteiger partial charge in [0.2, 0.25) is 0 Å². The maximum atomic E-state index is 11.5. The van der Waals surface area contributed by atoms with Crippen molar-refractivity contribution in [2.45, 2.75) is 6.42 Å². The van der Waals surface area contributed by atoms with Crippen molar-refractivity contribution >= 4 is 11.9 Å². The first-order valence-corrected chi connectivity index (χ1v) is 4.90. The third kappa shape index (κ3) is 2.90. The highest BCUT2D eigenvalue weighted by Crippen LogP contribution is 2.12. The molecule has 0 amide bonds. The molecule has 0 spiro atoms. The summed E-state index contributed by atoms with van der Waals surface area (Å²) in [6.07, 6.45) is 3.73. The van der Waals surface area contributed by atoms with E-state index in [1.54, 1.807) is 12.1 Å². The molecule has 90 valence electrons. The van der Waals surface area contributed by atoms with Crippen LogP contribution in [0.25, 0.3) is 0 Å². The molecule has 0 aliphatic carbocycles. The molecular weight excluding hydrogens is 222 g/mol. The van der Waals surface area contributed by atoms with Gasteiger partial charge in [0.05, 0.1) is 19.8 Å². The van der Waals surface area contributed by atoms with Crippen LogP contribution in [0.15, 0.2) is 24.9 Å². The summed E-state index contributed by atoms with van der Waals surface area (Å²) in [6, 6.07) is 1.55. The van der Waals surface area contributed by atoms with Gasteiger partial charge in [-0.3, -0.25) is 0 Å². The van der Waals surface area contributed by atoms with Crippen molar-refractivity contribution in [3.63, 3.8) is 0 Å². The third-order valence-corrected chi connectivity index (χ3v) is 2.11. The lowest BCUT2D eigenvalue weighted by Crippen LogP contribution is -2.14. The molecule has 0 bridgehead atoms. The maximum absolute atomic E-state index is 11.5. The molecule has 1 rings (SSSR count). The van der Waals surface area contributed by atoms with Gasteiger partial charge in [-0.15, -0.1) is 6.58 Å². The highest BCUT2D eigenvalue weighted by Gasteiger charge is 2.20. The van der Waals surface area contributed by atoms with Crippen LogP contribution in [0.4, 0.5) is 0 Å². The van der Waals surface area contributed by atoms with E-state index in [1.807, 2.05) is 0 Å². The molecule has 0 saturated carbocycles. The number of allylic oxidation sites excluding steroid dienone is 1. The Morgan fingerprint density at radius 1 is 1.35 bits per heavy atom. The number of hydrogen-bond donors (Lipinski definition) is 0. The average Bonchev–Trinajstić information content (AvgIpc) is 2.37. The van der Waals surface area contributed by atoms with E-state index in [0.29, 0.717) is 6.42 Å². The molecule has 0 unspecified atom stereocenters. The summed E-state index contributed by atoms with van der Waals surface area (Å²) < 4.78 is 9.13. The first-order chi connectivity index (χ1) is 8.13. The highest BCUT2D eigenvalue weighted by atomic mass is 16.5. The van der Waals surface area contributed by atoms with E-state index in [9.17, 15) is 9.59 Å². The Hall–Kier alpha value is -2.17. The van der Waals surface area contributed by atoms with Crippen LogP contribution in [0, 0.1) is 0 Å². The van der Waals surface area contributed by atoms with Crippen molar-refractivity contribution in [3.8, 4) is 0 Å². The lowest BCUT2D eigenvalue weighted by Gasteiger charge is -2.06. The van der Waals surface area contributed by atoms with Gasteiger partial charge in [-0.05, 0) is 18.1 Å². The van der Waals surface area contributed by atoms with Gasteiger partial charge in [0.1, 0.15) is 0 Å². The minimum Gasteiger partial charge on any atom is -0.465 e. The number of ether oxygens (including phenoxy) is 2. The molecule has 1 heterocycles. The number of carbonyl (C=O) groups excluding carboxylic acids is 2. The van der Waals surface area contributed by atoms with Crippen LogP contribution in [-0.2, 0) is 15.9 Å². The summed E-state index contributed by atoms with van der Waals surface area (Å²) in [4.78, 5) is 26.8. The highest BCUT2D eigenvalue weighted by molar-refractivity contribution is 6.01. The number of nitrogens with zero attached hydrogens (tertiary/aromatic N) is 1. The van der Waals surface area contributed by atoms with Crippen molar-refractivity contribution in [3.05, 3.63) is 41.7 Å². The molecule has 0 aromatic carbocycles. The molecule has 1 aromatic rings. The maximum Gasteiger partial charge on any atom is 0.357 e. The number of pyridine rings is 1. The zero-order chi connectivity index (χ0) is 12.8. The zero-order valence-electron chi connectivity index (χ0n) is 9.73. The van der Waals surface area contributed by atoms with E-state index in [0.717, 1.165) is 5.56 Å². The number of hydrogen-bond acceptors (Lipinski definition) is 5. The topological polar surface area (TPSA) is 65.5 Å². The van der Waals surface area contributed by atoms with Gasteiger partial charge in [0.15, 0.2) is 5.69 Å². The summed E-state index contributed by atoms with van der Waals surface area (Å²) in [6.45, 7) is 3.59. The Morgan fingerprint density at radius 2 is 2.00 bits per heavy atom. The summed E-state index contributed by atoms with van der Waals surface area (Å²) in [5.74, 6) is -1.29. The van der Waals surface area contributed by atoms with Crippen LogP contribution in [0.3, 0.4) is 0 Å². The van der Waals surface area contributed by atoms with Gasteiger partial charge >= 0.3 is 11.9 Å². The zero-order valence-corrected chi connectivity index (χ0v) is 9.73. The van der Waals surface area contributed by atoms with E-state index < -0.39 is 11.9 Å². The Morgan fingerprint density at radius 3 is 2.53 bits per heavy atom. The lowest BCUT2D eigenvalue weighted by molar-refractivity contribution is 0.0549. The van der Waals surface area contributed by atoms with Crippen molar-refractivity contribution in [2.24, 2.45) is 0 Å². The fraction of sp³-hybridized carbons (Fsp3) is 0.250. The van der Waals surface area contributed by atoms with E-state index in [1.165, 1.54) is 20.4 Å². The van der Waals surface area contributed by atoms with Crippen LogP contribution < -0.4 is 0 Å². The second kappa shape index (κ2) is 5.79. The van der Waals surface area contributed by atoms with Gasteiger partial charge in [-0.2, -0.15) is 0 Å². The fourth-order valence-electron chi connectivity index (χ4n) is 1.31. The summed E-state index contributed by atoms with van der Waals surface area (Å²) >= 11 is 0. The molecule has 5 heteroatoms. The van der Waals surface area contributed by atoms with Gasteiger partial charge in [-0.25, -0.2) is 14.6 Å². The van der Waals surface area contributed by atoms with Crippen molar-refractivity contribution < 1.29 is 19.1 Å². The molecule has 0 aliphatic rings. The molecule has 0 atom stereocenters. The van der Waals surface area contributed by atoms with Crippen molar-refractivity contribution in [2.75, 3.05) is 14.2 Å². The minimum absolute atomic E-state index is 0.0489. The summed E-state index contributed by atoms with van der Waals surface area (Å²) in [7, 11) is 2.46. The molecule has 0 aliphatic heterocycles. The number of rotatable bonds is 4. The summed E-state index contributed by atoms with van der Waals surface area (Å²) in [5.41, 5.74) is 0.818. The number of aromatic nitrogens is 1. The number of carbonyl (C=O) groups is 2. The predicted molar refractivity (Wildman–Crippen MR) is 60.8 cm³/mol. The third-order valence-electron chi connectivity index (χ3n) is 2.11. The van der Waals surface area contributed by atoms with Gasteiger partial charge in [0, 0.05) is 6.20 Å². The Balaban J connectivity index is 3.25. The molecule has 0 fully saturated rings. The van der Waals surface area contributed by atoms with Crippen LogP contribution in [-0.4, -0.2) is 31.1 Å². The second-order valence-corrected chi connectivity index (χ2v) is 3.22. The predicted octanol–water partition coefficient (Wildman–Crippen LogP) is 1.38. The first-order valence-electron chi connectivity index (χ1n) is 4.90. The van der Waals surface area contributed by atoms with Crippen LogP contribution in [0.1, 0.15) is 26.4 Å². The lowest BCUT2D eigenvalue weighted by atomic mass is 10.1. The van der Waals surface area contributed by atoms with Crippen molar-refractivity contribution in [1.29, 1.82) is 0 Å². The van der Waals surface area contributed by atoms with Crippen LogP contribution in [0.5, 0.6) is 0 Å². The number of esters is 2. The normalized spacial score (nSPS) is 9.53. The summed E-state index contributed by atoms with van der Waals surface area (Å²) in [5, 5.41) is 0. The fourth-order valence-corrected chi connectivity index (χ4v) is 1.31. The monoisotopic (exact) mass is 235 g/mol. The van der Waals surface area contributed by atoms with E-state index in [2.05, 4.69) is 21.0 Å². The molecule has 17 heavy (non-hydrogen) atoms. The van der Waals surface area contributed by atoms with Gasteiger partial charge in [-0.1, -0.05) is 6.08 Å². The van der Waals surface area contributed by atoms with Gasteiger partial charge < -0.3 is 9.47 Å². The van der Waals surface area contributed by atoms with Crippen LogP contribution in [0.2, 0.25) is 0 Å².